The Morgan fingerprint density at radius 2 is 1.72 bits per heavy atom. The minimum absolute atomic E-state index is 0.0211. The van der Waals surface area contributed by atoms with Crippen LogP contribution in [0.15, 0.2) is 53.3 Å². The summed E-state index contributed by atoms with van der Waals surface area (Å²) in [6, 6.07) is 14.6. The van der Waals surface area contributed by atoms with Gasteiger partial charge in [0.05, 0.1) is 5.52 Å². The number of H-pyrrole nitrogens is 1. The zero-order valence-corrected chi connectivity index (χ0v) is 15.1. The average Bonchev–Trinajstić information content (AvgIpc) is 2.57. The minimum Gasteiger partial charge on any atom is -0.371 e. The number of hydrogen-bond acceptors (Lipinski definition) is 3. The topological polar surface area (TPSA) is 56.9 Å². The van der Waals surface area contributed by atoms with E-state index >= 15 is 0 Å². The summed E-state index contributed by atoms with van der Waals surface area (Å²) in [5.74, 6) is 0.741. The van der Waals surface area contributed by atoms with Gasteiger partial charge in [0.15, 0.2) is 5.43 Å². The quantitative estimate of drug-likeness (QED) is 0.535. The zero-order chi connectivity index (χ0) is 17.6. The van der Waals surface area contributed by atoms with E-state index in [9.17, 15) is 4.79 Å². The molecule has 0 spiro atoms. The predicted octanol–water partition coefficient (Wildman–Crippen LogP) is 4.43. The van der Waals surface area contributed by atoms with Crippen molar-refractivity contribution >= 4 is 39.9 Å². The Balaban J connectivity index is 1.45. The number of rotatable bonds is 7. The fraction of sp³-hybridized carbons (Fsp3) is 0.211. The molecule has 0 aliphatic carbocycles. The highest BCUT2D eigenvalue weighted by Crippen LogP contribution is 2.18. The SMILES string of the molecule is O=c1cc(NCCCNCc2cc(Cl)cc(Cl)c2)[nH]c2ccccc12. The third kappa shape index (κ3) is 4.98. The van der Waals surface area contributed by atoms with Gasteiger partial charge in [-0.1, -0.05) is 35.3 Å². The number of fused-ring (bicyclic) bond motifs is 1. The van der Waals surface area contributed by atoms with Crippen LogP contribution in [0.25, 0.3) is 10.9 Å². The number of halogens is 2. The lowest BCUT2D eigenvalue weighted by Crippen LogP contribution is -2.18. The van der Waals surface area contributed by atoms with Gasteiger partial charge >= 0.3 is 0 Å². The molecule has 1 aromatic heterocycles. The van der Waals surface area contributed by atoms with Gasteiger partial charge in [-0.2, -0.15) is 0 Å². The summed E-state index contributed by atoms with van der Waals surface area (Å²) in [4.78, 5) is 15.3. The Hall–Kier alpha value is -2.01. The van der Waals surface area contributed by atoms with Crippen LogP contribution in [0.2, 0.25) is 10.0 Å². The van der Waals surface area contributed by atoms with Crippen molar-refractivity contribution in [1.29, 1.82) is 0 Å². The molecular formula is C19H19Cl2N3O. The largest absolute Gasteiger partial charge is 0.371 e. The van der Waals surface area contributed by atoms with E-state index in [2.05, 4.69) is 15.6 Å². The lowest BCUT2D eigenvalue weighted by atomic mass is 10.2. The molecule has 2 aromatic carbocycles. The van der Waals surface area contributed by atoms with Gasteiger partial charge in [-0.3, -0.25) is 4.79 Å². The second-order valence-corrected chi connectivity index (χ2v) is 6.70. The molecule has 0 fully saturated rings. The molecule has 6 heteroatoms. The van der Waals surface area contributed by atoms with E-state index in [0.717, 1.165) is 36.4 Å². The van der Waals surface area contributed by atoms with Crippen molar-refractivity contribution in [2.75, 3.05) is 18.4 Å². The highest BCUT2D eigenvalue weighted by atomic mass is 35.5. The lowest BCUT2D eigenvalue weighted by molar-refractivity contribution is 0.663. The molecule has 0 unspecified atom stereocenters. The summed E-state index contributed by atoms with van der Waals surface area (Å²) < 4.78 is 0. The number of aromatic nitrogens is 1. The van der Waals surface area contributed by atoms with Crippen LogP contribution in [0.3, 0.4) is 0 Å². The van der Waals surface area contributed by atoms with Crippen LogP contribution in [0.4, 0.5) is 5.82 Å². The number of benzene rings is 2. The molecule has 3 aromatic rings. The van der Waals surface area contributed by atoms with Gasteiger partial charge in [0.2, 0.25) is 0 Å². The standard InChI is InChI=1S/C19H19Cl2N3O/c20-14-8-13(9-15(21)10-14)12-22-6-3-7-23-19-11-18(25)16-4-1-2-5-17(16)24-19/h1-2,4-5,8-11,22H,3,6-7,12H2,(H2,23,24,25). The number of aromatic amines is 1. The van der Waals surface area contributed by atoms with Crippen LogP contribution >= 0.6 is 23.2 Å². The van der Waals surface area contributed by atoms with Crippen LogP contribution in [-0.2, 0) is 6.54 Å². The summed E-state index contributed by atoms with van der Waals surface area (Å²) in [6.45, 7) is 2.32. The number of anilines is 1. The van der Waals surface area contributed by atoms with Crippen LogP contribution in [0.1, 0.15) is 12.0 Å². The average molecular weight is 376 g/mol. The molecule has 0 radical (unpaired) electrons. The molecule has 25 heavy (non-hydrogen) atoms. The van der Waals surface area contributed by atoms with E-state index in [4.69, 9.17) is 23.2 Å². The first-order valence-corrected chi connectivity index (χ1v) is 8.89. The fourth-order valence-corrected chi connectivity index (χ4v) is 3.25. The summed E-state index contributed by atoms with van der Waals surface area (Å²) in [7, 11) is 0. The maximum Gasteiger partial charge on any atom is 0.191 e. The van der Waals surface area contributed by atoms with Crippen LogP contribution in [0, 0.1) is 0 Å². The molecule has 0 saturated carbocycles. The second-order valence-electron chi connectivity index (χ2n) is 5.83. The first kappa shape index (κ1) is 17.8. The molecule has 0 aliphatic rings. The maximum absolute atomic E-state index is 12.1. The molecule has 3 N–H and O–H groups in total. The van der Waals surface area contributed by atoms with Crippen molar-refractivity contribution in [2.24, 2.45) is 0 Å². The Labute approximate surface area is 156 Å². The first-order chi connectivity index (χ1) is 12.1. The third-order valence-electron chi connectivity index (χ3n) is 3.83. The van der Waals surface area contributed by atoms with Gasteiger partial charge in [-0.15, -0.1) is 0 Å². The monoisotopic (exact) mass is 375 g/mol. The normalized spacial score (nSPS) is 11.0. The van der Waals surface area contributed by atoms with Crippen molar-refractivity contribution in [3.8, 4) is 0 Å². The van der Waals surface area contributed by atoms with E-state index in [-0.39, 0.29) is 5.43 Å². The van der Waals surface area contributed by atoms with Gasteiger partial charge in [0.1, 0.15) is 5.82 Å². The number of nitrogens with one attached hydrogen (secondary N) is 3. The molecule has 130 valence electrons. The Morgan fingerprint density at radius 3 is 2.52 bits per heavy atom. The second kappa shape index (κ2) is 8.39. The summed E-state index contributed by atoms with van der Waals surface area (Å²) >= 11 is 12.0. The maximum atomic E-state index is 12.1. The smallest absolute Gasteiger partial charge is 0.191 e. The van der Waals surface area contributed by atoms with Crippen molar-refractivity contribution in [1.82, 2.24) is 10.3 Å². The highest BCUT2D eigenvalue weighted by molar-refractivity contribution is 6.34. The lowest BCUT2D eigenvalue weighted by Gasteiger charge is -2.09. The number of hydrogen-bond donors (Lipinski definition) is 3. The van der Waals surface area contributed by atoms with Crippen molar-refractivity contribution in [3.63, 3.8) is 0 Å². The Bertz CT molecular complexity index is 904. The minimum atomic E-state index is 0.0211. The molecule has 0 aliphatic heterocycles. The van der Waals surface area contributed by atoms with Crippen LogP contribution in [0.5, 0.6) is 0 Å². The Morgan fingerprint density at radius 1 is 0.960 bits per heavy atom. The van der Waals surface area contributed by atoms with Crippen LogP contribution in [-0.4, -0.2) is 18.1 Å². The molecule has 1 heterocycles. The van der Waals surface area contributed by atoms with Crippen molar-refractivity contribution < 1.29 is 0 Å². The number of para-hydroxylation sites is 1. The molecule has 0 saturated heterocycles. The van der Waals surface area contributed by atoms with Crippen LogP contribution < -0.4 is 16.1 Å². The fourth-order valence-electron chi connectivity index (χ4n) is 2.67. The van der Waals surface area contributed by atoms with E-state index in [1.807, 2.05) is 36.4 Å². The summed E-state index contributed by atoms with van der Waals surface area (Å²) in [6.07, 6.45) is 0.920. The van der Waals surface area contributed by atoms with Gasteiger partial charge in [0.25, 0.3) is 0 Å². The van der Waals surface area contributed by atoms with Gasteiger partial charge in [-0.25, -0.2) is 0 Å². The van der Waals surface area contributed by atoms with Gasteiger partial charge in [0, 0.05) is 34.6 Å². The van der Waals surface area contributed by atoms with E-state index < -0.39 is 0 Å². The number of pyridine rings is 1. The van der Waals surface area contributed by atoms with Crippen molar-refractivity contribution in [2.45, 2.75) is 13.0 Å². The van der Waals surface area contributed by atoms with Gasteiger partial charge in [-0.05, 0) is 48.9 Å². The summed E-state index contributed by atoms with van der Waals surface area (Å²) in [5.41, 5.74) is 1.92. The summed E-state index contributed by atoms with van der Waals surface area (Å²) in [5, 5.41) is 8.60. The van der Waals surface area contributed by atoms with E-state index in [1.54, 1.807) is 12.1 Å². The third-order valence-corrected chi connectivity index (χ3v) is 4.27. The molecule has 0 atom stereocenters. The molecule has 0 bridgehead atoms. The predicted molar refractivity (Wildman–Crippen MR) is 106 cm³/mol. The van der Waals surface area contributed by atoms with E-state index in [0.29, 0.717) is 22.0 Å². The van der Waals surface area contributed by atoms with E-state index in [1.165, 1.54) is 0 Å². The van der Waals surface area contributed by atoms with Gasteiger partial charge < -0.3 is 15.6 Å². The molecule has 3 rings (SSSR count). The molecule has 0 amide bonds. The highest BCUT2D eigenvalue weighted by Gasteiger charge is 2.01. The van der Waals surface area contributed by atoms with Crippen molar-refractivity contribution in [3.05, 3.63) is 74.4 Å². The zero-order valence-electron chi connectivity index (χ0n) is 13.6. The Kier molecular flexibility index (Phi) is 5.97. The first-order valence-electron chi connectivity index (χ1n) is 8.13. The molecule has 4 nitrogen and oxygen atoms in total. The molecular weight excluding hydrogens is 357 g/mol.